The van der Waals surface area contributed by atoms with Crippen molar-refractivity contribution in [3.63, 3.8) is 0 Å². The molecule has 0 aliphatic heterocycles. The van der Waals surface area contributed by atoms with Crippen LogP contribution >= 0.6 is 0 Å². The fourth-order valence-corrected chi connectivity index (χ4v) is 2.72. The van der Waals surface area contributed by atoms with Crippen molar-refractivity contribution in [1.29, 1.82) is 0 Å². The lowest BCUT2D eigenvalue weighted by Crippen LogP contribution is -2.17. The first-order valence-electron chi connectivity index (χ1n) is 8.50. The van der Waals surface area contributed by atoms with Gasteiger partial charge in [-0.2, -0.15) is 0 Å². The van der Waals surface area contributed by atoms with Crippen LogP contribution in [0.1, 0.15) is 16.7 Å². The molecule has 0 spiro atoms. The van der Waals surface area contributed by atoms with E-state index >= 15 is 0 Å². The summed E-state index contributed by atoms with van der Waals surface area (Å²) < 4.78 is 5.76. The van der Waals surface area contributed by atoms with Crippen molar-refractivity contribution < 1.29 is 4.74 Å². The Bertz CT molecular complexity index is 846. The molecule has 128 valence electrons. The van der Waals surface area contributed by atoms with E-state index in [-0.39, 0.29) is 0 Å². The number of hydrogen-bond donors (Lipinski definition) is 1. The van der Waals surface area contributed by atoms with Crippen LogP contribution in [-0.4, -0.2) is 23.1 Å². The number of aromatic nitrogens is 2. The summed E-state index contributed by atoms with van der Waals surface area (Å²) in [4.78, 5) is 8.72. The average Bonchev–Trinajstić information content (AvgIpc) is 2.64. The molecule has 0 unspecified atom stereocenters. The lowest BCUT2D eigenvalue weighted by Gasteiger charge is -2.12. The van der Waals surface area contributed by atoms with Crippen LogP contribution in [0.3, 0.4) is 0 Å². The number of ether oxygens (including phenoxy) is 1. The van der Waals surface area contributed by atoms with Gasteiger partial charge in [0.25, 0.3) is 0 Å². The van der Waals surface area contributed by atoms with Gasteiger partial charge in [-0.1, -0.05) is 24.3 Å². The van der Waals surface area contributed by atoms with Crippen LogP contribution in [0.5, 0.6) is 5.88 Å². The number of nitrogens with zero attached hydrogens (tertiary/aromatic N) is 2. The molecule has 0 saturated carbocycles. The molecule has 0 radical (unpaired) electrons. The minimum absolute atomic E-state index is 0.453. The fourth-order valence-electron chi connectivity index (χ4n) is 2.72. The third kappa shape index (κ3) is 4.64. The Balaban J connectivity index is 1.72. The van der Waals surface area contributed by atoms with Gasteiger partial charge in [0.2, 0.25) is 5.88 Å². The smallest absolute Gasteiger partial charge is 0.218 e. The van der Waals surface area contributed by atoms with E-state index in [1.807, 2.05) is 30.6 Å². The largest absolute Gasteiger partial charge is 0.473 e. The highest BCUT2D eigenvalue weighted by atomic mass is 16.5. The Kier molecular flexibility index (Phi) is 5.75. The molecule has 1 aromatic carbocycles. The Labute approximate surface area is 148 Å². The molecule has 0 atom stereocenters. The summed E-state index contributed by atoms with van der Waals surface area (Å²) in [6.45, 7) is 7.86. The fraction of sp³-hybridized carbons (Fsp3) is 0.238. The SMILES string of the molecule is C=CCOc1nc2ccc(C)cc2cc1CNCCc1ccncc1. The molecular weight excluding hydrogens is 310 g/mol. The van der Waals surface area contributed by atoms with Crippen LogP contribution in [0.25, 0.3) is 10.9 Å². The molecule has 1 N–H and O–H groups in total. The molecule has 3 aromatic rings. The number of rotatable bonds is 8. The van der Waals surface area contributed by atoms with E-state index in [1.54, 1.807) is 6.08 Å². The van der Waals surface area contributed by atoms with E-state index < -0.39 is 0 Å². The highest BCUT2D eigenvalue weighted by Gasteiger charge is 2.08. The second-order valence-electron chi connectivity index (χ2n) is 6.03. The maximum Gasteiger partial charge on any atom is 0.218 e. The number of nitrogens with one attached hydrogen (secondary N) is 1. The van der Waals surface area contributed by atoms with E-state index in [9.17, 15) is 0 Å². The maximum absolute atomic E-state index is 5.76. The maximum atomic E-state index is 5.76. The molecule has 3 rings (SSSR count). The summed E-state index contributed by atoms with van der Waals surface area (Å²) in [6, 6.07) is 12.5. The van der Waals surface area contributed by atoms with Crippen molar-refractivity contribution in [3.8, 4) is 5.88 Å². The van der Waals surface area contributed by atoms with E-state index in [0.29, 0.717) is 19.0 Å². The standard InChI is InChI=1S/C21H23N3O/c1-3-12-25-21-19(14-18-13-16(2)4-5-20(18)24-21)15-23-11-8-17-6-9-22-10-7-17/h3-7,9-10,13-14,23H,1,8,11-12,15H2,2H3. The number of aryl methyl sites for hydroxylation is 1. The third-order valence-corrected chi connectivity index (χ3v) is 4.00. The van der Waals surface area contributed by atoms with Gasteiger partial charge in [-0.15, -0.1) is 0 Å². The Morgan fingerprint density at radius 3 is 2.80 bits per heavy atom. The molecule has 0 aliphatic carbocycles. The first-order chi connectivity index (χ1) is 12.3. The van der Waals surface area contributed by atoms with Gasteiger partial charge in [0.1, 0.15) is 6.61 Å². The predicted molar refractivity (Wildman–Crippen MR) is 102 cm³/mol. The number of fused-ring (bicyclic) bond motifs is 1. The van der Waals surface area contributed by atoms with Crippen molar-refractivity contribution in [1.82, 2.24) is 15.3 Å². The van der Waals surface area contributed by atoms with E-state index in [0.717, 1.165) is 29.4 Å². The van der Waals surface area contributed by atoms with Gasteiger partial charge in [-0.05, 0) is 55.8 Å². The summed E-state index contributed by atoms with van der Waals surface area (Å²) in [6.07, 6.45) is 6.35. The number of benzene rings is 1. The minimum atomic E-state index is 0.453. The van der Waals surface area contributed by atoms with Gasteiger partial charge in [-0.3, -0.25) is 4.98 Å². The highest BCUT2D eigenvalue weighted by Crippen LogP contribution is 2.23. The second kappa shape index (κ2) is 8.40. The van der Waals surface area contributed by atoms with Crippen molar-refractivity contribution in [2.24, 2.45) is 0 Å². The normalized spacial score (nSPS) is 10.8. The monoisotopic (exact) mass is 333 g/mol. The van der Waals surface area contributed by atoms with Crippen molar-refractivity contribution in [2.45, 2.75) is 19.9 Å². The molecule has 4 heteroatoms. The molecule has 4 nitrogen and oxygen atoms in total. The first kappa shape index (κ1) is 17.1. The molecule has 0 aliphatic rings. The quantitative estimate of drug-likeness (QED) is 0.503. The van der Waals surface area contributed by atoms with E-state index in [2.05, 4.69) is 47.0 Å². The molecule has 25 heavy (non-hydrogen) atoms. The van der Waals surface area contributed by atoms with Gasteiger partial charge in [0, 0.05) is 29.9 Å². The number of hydrogen-bond acceptors (Lipinski definition) is 4. The van der Waals surface area contributed by atoms with Gasteiger partial charge >= 0.3 is 0 Å². The molecule has 0 amide bonds. The molecule has 0 fully saturated rings. The van der Waals surface area contributed by atoms with Crippen molar-refractivity contribution >= 4 is 10.9 Å². The summed E-state index contributed by atoms with van der Waals surface area (Å²) in [7, 11) is 0. The van der Waals surface area contributed by atoms with Gasteiger partial charge in [0.15, 0.2) is 0 Å². The molecule has 2 aromatic heterocycles. The highest BCUT2D eigenvalue weighted by molar-refractivity contribution is 5.80. The second-order valence-corrected chi connectivity index (χ2v) is 6.03. The zero-order valence-corrected chi connectivity index (χ0v) is 14.5. The van der Waals surface area contributed by atoms with Gasteiger partial charge in [-0.25, -0.2) is 4.98 Å². The predicted octanol–water partition coefficient (Wildman–Crippen LogP) is 3.84. The Morgan fingerprint density at radius 2 is 2.00 bits per heavy atom. The third-order valence-electron chi connectivity index (χ3n) is 4.00. The molecule has 2 heterocycles. The topological polar surface area (TPSA) is 47.0 Å². The lowest BCUT2D eigenvalue weighted by molar-refractivity contribution is 0.344. The van der Waals surface area contributed by atoms with Gasteiger partial charge in [0.05, 0.1) is 5.52 Å². The van der Waals surface area contributed by atoms with Crippen LogP contribution in [-0.2, 0) is 13.0 Å². The van der Waals surface area contributed by atoms with E-state index in [1.165, 1.54) is 11.1 Å². The van der Waals surface area contributed by atoms with E-state index in [4.69, 9.17) is 4.74 Å². The van der Waals surface area contributed by atoms with Crippen LogP contribution in [0, 0.1) is 6.92 Å². The molecular formula is C21H23N3O. The van der Waals surface area contributed by atoms with Crippen molar-refractivity contribution in [2.75, 3.05) is 13.2 Å². The van der Waals surface area contributed by atoms with Crippen LogP contribution in [0.2, 0.25) is 0 Å². The van der Waals surface area contributed by atoms with Crippen molar-refractivity contribution in [3.05, 3.63) is 78.1 Å². The van der Waals surface area contributed by atoms with Crippen LogP contribution < -0.4 is 10.1 Å². The molecule has 0 saturated heterocycles. The Hall–Kier alpha value is -2.72. The average molecular weight is 333 g/mol. The summed E-state index contributed by atoms with van der Waals surface area (Å²) in [5, 5.41) is 4.62. The zero-order chi connectivity index (χ0) is 17.5. The zero-order valence-electron chi connectivity index (χ0n) is 14.5. The summed E-state index contributed by atoms with van der Waals surface area (Å²) in [5.74, 6) is 0.674. The minimum Gasteiger partial charge on any atom is -0.473 e. The number of pyridine rings is 2. The Morgan fingerprint density at radius 1 is 1.16 bits per heavy atom. The first-order valence-corrected chi connectivity index (χ1v) is 8.50. The summed E-state index contributed by atoms with van der Waals surface area (Å²) in [5.41, 5.74) is 4.52. The van der Waals surface area contributed by atoms with Gasteiger partial charge < -0.3 is 10.1 Å². The summed E-state index contributed by atoms with van der Waals surface area (Å²) >= 11 is 0. The van der Waals surface area contributed by atoms with Crippen LogP contribution in [0.15, 0.2) is 61.4 Å². The van der Waals surface area contributed by atoms with Crippen LogP contribution in [0.4, 0.5) is 0 Å². The molecule has 0 bridgehead atoms. The lowest BCUT2D eigenvalue weighted by atomic mass is 10.1.